The fraction of sp³-hybridized carbons (Fsp3) is 0. The normalized spacial score (nSPS) is 10.6. The van der Waals surface area contributed by atoms with Gasteiger partial charge >= 0.3 is 0 Å². The van der Waals surface area contributed by atoms with Crippen LogP contribution >= 0.6 is 22.9 Å². The fourth-order valence-electron chi connectivity index (χ4n) is 1.92. The van der Waals surface area contributed by atoms with Gasteiger partial charge in [-0.1, -0.05) is 11.6 Å². The summed E-state index contributed by atoms with van der Waals surface area (Å²) in [6, 6.07) is 10.9. The second-order valence-electron chi connectivity index (χ2n) is 4.30. The molecule has 0 spiro atoms. The van der Waals surface area contributed by atoms with Crippen LogP contribution in [0.4, 0.5) is 11.5 Å². The molecule has 0 atom stereocenters. The van der Waals surface area contributed by atoms with Crippen molar-refractivity contribution in [2.45, 2.75) is 0 Å². The molecule has 2 aromatic heterocycles. The molecule has 5 nitrogen and oxygen atoms in total. The Kier molecular flexibility index (Phi) is 3.74. The molecule has 0 aliphatic carbocycles. The van der Waals surface area contributed by atoms with Crippen LogP contribution in [-0.2, 0) is 0 Å². The molecule has 4 N–H and O–H groups in total. The first-order valence-corrected chi connectivity index (χ1v) is 7.35. The fourth-order valence-corrected chi connectivity index (χ4v) is 2.88. The molecule has 7 heteroatoms. The number of hydrogen-bond acceptors (Lipinski definition) is 5. The van der Waals surface area contributed by atoms with Gasteiger partial charge in [0.1, 0.15) is 11.5 Å². The van der Waals surface area contributed by atoms with Gasteiger partial charge in [0.25, 0.3) is 5.91 Å². The Balaban J connectivity index is 1.88. The molecule has 0 radical (unpaired) electrons. The number of rotatable bonds is 3. The van der Waals surface area contributed by atoms with E-state index >= 15 is 0 Å². The molecule has 0 saturated carbocycles. The third-order valence-corrected chi connectivity index (χ3v) is 4.12. The number of pyridine rings is 1. The van der Waals surface area contributed by atoms with Crippen molar-refractivity contribution in [2.75, 3.05) is 10.7 Å². The van der Waals surface area contributed by atoms with Gasteiger partial charge in [-0.05, 0) is 47.2 Å². The zero-order valence-corrected chi connectivity index (χ0v) is 12.3. The first-order chi connectivity index (χ1) is 10.2. The highest BCUT2D eigenvalue weighted by Crippen LogP contribution is 2.25. The van der Waals surface area contributed by atoms with E-state index in [1.807, 2.05) is 29.6 Å². The standard InChI is InChI=1S/C14H11ClN4OS/c15-10-2-4-12(19-16)18-13(10)14(20)17-9-1-3-11-8(7-9)5-6-21-11/h1-7H,16H2,(H,17,20)(H,18,19). The second kappa shape index (κ2) is 5.69. The Morgan fingerprint density at radius 2 is 2.10 bits per heavy atom. The van der Waals surface area contributed by atoms with E-state index in [4.69, 9.17) is 17.4 Å². The van der Waals surface area contributed by atoms with Gasteiger partial charge in [-0.25, -0.2) is 10.8 Å². The lowest BCUT2D eigenvalue weighted by molar-refractivity contribution is 0.102. The highest BCUT2D eigenvalue weighted by Gasteiger charge is 2.13. The Hall–Kier alpha value is -2.15. The third kappa shape index (κ3) is 2.82. The number of nitrogens with one attached hydrogen (secondary N) is 2. The number of carbonyl (C=O) groups excluding carboxylic acids is 1. The van der Waals surface area contributed by atoms with Crippen LogP contribution in [-0.4, -0.2) is 10.9 Å². The van der Waals surface area contributed by atoms with Gasteiger partial charge in [0, 0.05) is 10.4 Å². The highest BCUT2D eigenvalue weighted by atomic mass is 35.5. The topological polar surface area (TPSA) is 80.0 Å². The van der Waals surface area contributed by atoms with Crippen molar-refractivity contribution in [3.63, 3.8) is 0 Å². The van der Waals surface area contributed by atoms with Gasteiger partial charge in [0.15, 0.2) is 0 Å². The average Bonchev–Trinajstić information content (AvgIpc) is 2.95. The number of benzene rings is 1. The highest BCUT2D eigenvalue weighted by molar-refractivity contribution is 7.17. The number of amides is 1. The molecule has 106 valence electrons. The van der Waals surface area contributed by atoms with Crippen molar-refractivity contribution >= 4 is 50.4 Å². The van der Waals surface area contributed by atoms with E-state index in [0.717, 1.165) is 5.39 Å². The Morgan fingerprint density at radius 3 is 2.90 bits per heavy atom. The molecule has 2 heterocycles. The predicted molar refractivity (Wildman–Crippen MR) is 86.8 cm³/mol. The number of carbonyl (C=O) groups is 1. The third-order valence-electron chi connectivity index (χ3n) is 2.92. The van der Waals surface area contributed by atoms with Gasteiger partial charge in [-0.15, -0.1) is 11.3 Å². The van der Waals surface area contributed by atoms with Crippen LogP contribution in [0.25, 0.3) is 10.1 Å². The molecule has 3 rings (SSSR count). The molecule has 1 aromatic carbocycles. The minimum absolute atomic E-state index is 0.123. The summed E-state index contributed by atoms with van der Waals surface area (Å²) >= 11 is 7.65. The molecule has 0 fully saturated rings. The predicted octanol–water partition coefficient (Wildman–Crippen LogP) is 3.49. The lowest BCUT2D eigenvalue weighted by Gasteiger charge is -2.08. The molecule has 3 aromatic rings. The summed E-state index contributed by atoms with van der Waals surface area (Å²) in [4.78, 5) is 16.3. The van der Waals surface area contributed by atoms with Crippen LogP contribution in [0.1, 0.15) is 10.5 Å². The van der Waals surface area contributed by atoms with E-state index in [-0.39, 0.29) is 16.6 Å². The lowest BCUT2D eigenvalue weighted by atomic mass is 10.2. The van der Waals surface area contributed by atoms with Gasteiger partial charge in [0.05, 0.1) is 5.02 Å². The monoisotopic (exact) mass is 318 g/mol. The van der Waals surface area contributed by atoms with Gasteiger partial charge < -0.3 is 10.7 Å². The summed E-state index contributed by atoms with van der Waals surface area (Å²) in [5, 5.41) is 6.13. The second-order valence-corrected chi connectivity index (χ2v) is 5.65. The van der Waals surface area contributed by atoms with E-state index in [1.165, 1.54) is 4.70 Å². The summed E-state index contributed by atoms with van der Waals surface area (Å²) in [5.41, 5.74) is 3.20. The van der Waals surface area contributed by atoms with Crippen LogP contribution in [0.3, 0.4) is 0 Å². The Bertz CT molecular complexity index is 818. The van der Waals surface area contributed by atoms with E-state index in [1.54, 1.807) is 23.5 Å². The van der Waals surface area contributed by atoms with Crippen molar-refractivity contribution in [1.82, 2.24) is 4.98 Å². The quantitative estimate of drug-likeness (QED) is 0.510. The first kappa shape index (κ1) is 13.8. The molecule has 0 unspecified atom stereocenters. The molecular formula is C14H11ClN4OS. The van der Waals surface area contributed by atoms with Crippen LogP contribution in [0, 0.1) is 0 Å². The summed E-state index contributed by atoms with van der Waals surface area (Å²) in [6.07, 6.45) is 0. The van der Waals surface area contributed by atoms with Crippen LogP contribution < -0.4 is 16.6 Å². The molecule has 0 bridgehead atoms. The Morgan fingerprint density at radius 1 is 1.24 bits per heavy atom. The zero-order valence-electron chi connectivity index (χ0n) is 10.8. The number of anilines is 2. The largest absolute Gasteiger partial charge is 0.321 e. The number of nitrogens with zero attached hydrogens (tertiary/aromatic N) is 1. The number of nitrogen functional groups attached to an aromatic ring is 1. The Labute approximate surface area is 129 Å². The number of hydrazine groups is 1. The maximum Gasteiger partial charge on any atom is 0.275 e. The van der Waals surface area contributed by atoms with Crippen LogP contribution in [0.15, 0.2) is 41.8 Å². The molecule has 0 aliphatic heterocycles. The molecule has 0 aliphatic rings. The van der Waals surface area contributed by atoms with Gasteiger partial charge in [-0.3, -0.25) is 4.79 Å². The molecular weight excluding hydrogens is 308 g/mol. The zero-order chi connectivity index (χ0) is 14.8. The van der Waals surface area contributed by atoms with Crippen LogP contribution in [0.2, 0.25) is 5.02 Å². The lowest BCUT2D eigenvalue weighted by Crippen LogP contribution is -2.16. The van der Waals surface area contributed by atoms with Crippen molar-refractivity contribution in [3.8, 4) is 0 Å². The number of halogens is 1. The summed E-state index contributed by atoms with van der Waals surface area (Å²) in [6.45, 7) is 0. The SMILES string of the molecule is NNc1ccc(Cl)c(C(=O)Nc2ccc3sccc3c2)n1. The van der Waals surface area contributed by atoms with E-state index in [0.29, 0.717) is 11.5 Å². The van der Waals surface area contributed by atoms with Gasteiger partial charge in [0.2, 0.25) is 0 Å². The summed E-state index contributed by atoms with van der Waals surface area (Å²) in [5.74, 6) is 5.28. The van der Waals surface area contributed by atoms with Crippen molar-refractivity contribution in [3.05, 3.63) is 52.5 Å². The maximum absolute atomic E-state index is 12.3. The molecule has 1 amide bonds. The number of nitrogens with two attached hydrogens (primary N) is 1. The number of fused-ring (bicyclic) bond motifs is 1. The van der Waals surface area contributed by atoms with Gasteiger partial charge in [-0.2, -0.15) is 0 Å². The average molecular weight is 319 g/mol. The minimum Gasteiger partial charge on any atom is -0.321 e. The number of hydrogen-bond donors (Lipinski definition) is 3. The van der Waals surface area contributed by atoms with E-state index in [9.17, 15) is 4.79 Å². The van der Waals surface area contributed by atoms with Crippen molar-refractivity contribution in [1.29, 1.82) is 0 Å². The number of thiophene rings is 1. The van der Waals surface area contributed by atoms with E-state index < -0.39 is 0 Å². The maximum atomic E-state index is 12.3. The molecule has 21 heavy (non-hydrogen) atoms. The molecule has 0 saturated heterocycles. The summed E-state index contributed by atoms with van der Waals surface area (Å²) in [7, 11) is 0. The minimum atomic E-state index is -0.383. The first-order valence-electron chi connectivity index (χ1n) is 6.09. The smallest absolute Gasteiger partial charge is 0.275 e. The van der Waals surface area contributed by atoms with Crippen LogP contribution in [0.5, 0.6) is 0 Å². The number of aromatic nitrogens is 1. The summed E-state index contributed by atoms with van der Waals surface area (Å²) < 4.78 is 1.17. The van der Waals surface area contributed by atoms with Crippen molar-refractivity contribution < 1.29 is 4.79 Å². The van der Waals surface area contributed by atoms with Crippen molar-refractivity contribution in [2.24, 2.45) is 5.84 Å². The van der Waals surface area contributed by atoms with E-state index in [2.05, 4.69) is 15.7 Å².